The number of hydrogen-bond donors (Lipinski definition) is 0. The van der Waals surface area contributed by atoms with Crippen LogP contribution >= 0.6 is 0 Å². The zero-order valence-electron chi connectivity index (χ0n) is 15.8. The highest BCUT2D eigenvalue weighted by Crippen LogP contribution is 2.34. The van der Waals surface area contributed by atoms with Gasteiger partial charge in [-0.2, -0.15) is 0 Å². The fourth-order valence-corrected chi connectivity index (χ4v) is 3.82. The molecule has 0 radical (unpaired) electrons. The highest BCUT2D eigenvalue weighted by atomic mass is 16.5. The molecule has 2 fully saturated rings. The van der Waals surface area contributed by atoms with Crippen molar-refractivity contribution in [2.45, 2.75) is 39.2 Å². The number of rotatable bonds is 6. The molecule has 0 unspecified atom stereocenters. The van der Waals surface area contributed by atoms with E-state index < -0.39 is 6.04 Å². The molecule has 1 aromatic carbocycles. The van der Waals surface area contributed by atoms with Gasteiger partial charge in [0.2, 0.25) is 5.91 Å². The van der Waals surface area contributed by atoms with Crippen molar-refractivity contribution < 1.29 is 23.9 Å². The van der Waals surface area contributed by atoms with Gasteiger partial charge in [-0.25, -0.2) is 4.90 Å². The highest BCUT2D eigenvalue weighted by Gasteiger charge is 2.45. The molecule has 1 aromatic rings. The lowest BCUT2D eigenvalue weighted by Gasteiger charge is -2.34. The van der Waals surface area contributed by atoms with Crippen LogP contribution in [0, 0.1) is 5.92 Å². The van der Waals surface area contributed by atoms with Gasteiger partial charge in [-0.15, -0.1) is 0 Å². The monoisotopic (exact) mass is 374 g/mol. The van der Waals surface area contributed by atoms with E-state index in [2.05, 4.69) is 0 Å². The highest BCUT2D eigenvalue weighted by molar-refractivity contribution is 6.23. The molecule has 0 N–H and O–H groups in total. The first kappa shape index (κ1) is 19.4. The first-order valence-corrected chi connectivity index (χ1v) is 9.56. The molecule has 2 aliphatic heterocycles. The third-order valence-electron chi connectivity index (χ3n) is 5.04. The Hall–Kier alpha value is -2.41. The van der Waals surface area contributed by atoms with E-state index in [9.17, 15) is 14.4 Å². The second kappa shape index (κ2) is 8.52. The summed E-state index contributed by atoms with van der Waals surface area (Å²) in [5.74, 6) is -0.443. The number of likely N-dealkylation sites (tertiary alicyclic amines) is 1. The fraction of sp³-hybridized carbons (Fsp3) is 0.550. The number of para-hydroxylation sites is 2. The van der Waals surface area contributed by atoms with Gasteiger partial charge in [-0.3, -0.25) is 19.3 Å². The summed E-state index contributed by atoms with van der Waals surface area (Å²) in [7, 11) is 0. The number of esters is 1. The number of imide groups is 1. The summed E-state index contributed by atoms with van der Waals surface area (Å²) < 4.78 is 10.7. The molecule has 0 aromatic heterocycles. The lowest BCUT2D eigenvalue weighted by molar-refractivity contribution is -0.150. The number of ether oxygens (including phenoxy) is 2. The van der Waals surface area contributed by atoms with Gasteiger partial charge >= 0.3 is 5.97 Å². The van der Waals surface area contributed by atoms with Crippen LogP contribution < -0.4 is 9.64 Å². The first-order valence-electron chi connectivity index (χ1n) is 9.56. The van der Waals surface area contributed by atoms with E-state index >= 15 is 0 Å². The van der Waals surface area contributed by atoms with Gasteiger partial charge in [0, 0.05) is 6.54 Å². The van der Waals surface area contributed by atoms with Crippen molar-refractivity contribution in [1.29, 1.82) is 0 Å². The van der Waals surface area contributed by atoms with E-state index in [1.54, 1.807) is 25.1 Å². The first-order chi connectivity index (χ1) is 13.1. The smallest absolute Gasteiger partial charge is 0.310 e. The summed E-state index contributed by atoms with van der Waals surface area (Å²) in [6.45, 7) is 5.58. The Labute approximate surface area is 159 Å². The zero-order valence-corrected chi connectivity index (χ0v) is 15.8. The largest absolute Gasteiger partial charge is 0.492 e. The quantitative estimate of drug-likeness (QED) is 0.560. The Morgan fingerprint density at radius 3 is 2.70 bits per heavy atom. The maximum atomic E-state index is 13.1. The van der Waals surface area contributed by atoms with Crippen molar-refractivity contribution in [2.24, 2.45) is 5.92 Å². The molecule has 7 nitrogen and oxygen atoms in total. The number of hydrogen-bond acceptors (Lipinski definition) is 6. The van der Waals surface area contributed by atoms with Crippen molar-refractivity contribution in [3.8, 4) is 5.75 Å². The molecule has 2 saturated heterocycles. The van der Waals surface area contributed by atoms with E-state index in [0.29, 0.717) is 37.7 Å². The molecule has 2 aliphatic rings. The maximum absolute atomic E-state index is 13.1. The van der Waals surface area contributed by atoms with Gasteiger partial charge in [0.05, 0.1) is 37.3 Å². The predicted octanol–water partition coefficient (Wildman–Crippen LogP) is 1.99. The molecule has 7 heteroatoms. The van der Waals surface area contributed by atoms with Crippen LogP contribution in [0.5, 0.6) is 5.75 Å². The standard InChI is InChI=1S/C20H26N2O5/c1-3-26-17-10-6-5-9-15(17)22-18(23)12-16(19(22)24)21-11-7-8-14(13-21)20(25)27-4-2/h5-6,9-10,14,16H,3-4,7-8,11-13H2,1-2H3/t14-,16+/m0/s1. The van der Waals surface area contributed by atoms with Crippen molar-refractivity contribution in [2.75, 3.05) is 31.2 Å². The van der Waals surface area contributed by atoms with Gasteiger partial charge in [0.15, 0.2) is 0 Å². The molecule has 2 atom stereocenters. The van der Waals surface area contributed by atoms with Crippen molar-refractivity contribution >= 4 is 23.5 Å². The second-order valence-corrected chi connectivity index (χ2v) is 6.77. The summed E-state index contributed by atoms with van der Waals surface area (Å²) in [6.07, 6.45) is 1.67. The molecule has 27 heavy (non-hydrogen) atoms. The van der Waals surface area contributed by atoms with Crippen LogP contribution in [0.15, 0.2) is 24.3 Å². The molecule has 146 valence electrons. The Kier molecular flexibility index (Phi) is 6.11. The average molecular weight is 374 g/mol. The summed E-state index contributed by atoms with van der Waals surface area (Å²) in [5.41, 5.74) is 0.482. The van der Waals surface area contributed by atoms with Crippen LogP contribution in [0.25, 0.3) is 0 Å². The number of nitrogens with zero attached hydrogens (tertiary/aromatic N) is 2. The van der Waals surface area contributed by atoms with Crippen LogP contribution in [0.3, 0.4) is 0 Å². The van der Waals surface area contributed by atoms with Gasteiger partial charge in [-0.1, -0.05) is 12.1 Å². The molecule has 0 spiro atoms. The number of piperidine rings is 1. The van der Waals surface area contributed by atoms with Crippen LogP contribution in [0.4, 0.5) is 5.69 Å². The molecular formula is C20H26N2O5. The molecule has 2 amide bonds. The van der Waals surface area contributed by atoms with Crippen molar-refractivity contribution in [3.05, 3.63) is 24.3 Å². The van der Waals surface area contributed by atoms with E-state index in [1.807, 2.05) is 17.9 Å². The van der Waals surface area contributed by atoms with Crippen LogP contribution in [0.1, 0.15) is 33.1 Å². The van der Waals surface area contributed by atoms with Gasteiger partial charge in [0.1, 0.15) is 5.75 Å². The van der Waals surface area contributed by atoms with E-state index in [1.165, 1.54) is 4.90 Å². The molecule has 3 rings (SSSR count). The number of carbonyl (C=O) groups is 3. The van der Waals surface area contributed by atoms with Gasteiger partial charge in [0.25, 0.3) is 5.91 Å². The Morgan fingerprint density at radius 1 is 1.19 bits per heavy atom. The summed E-state index contributed by atoms with van der Waals surface area (Å²) in [5, 5.41) is 0. The average Bonchev–Trinajstić information content (AvgIpc) is 2.97. The predicted molar refractivity (Wildman–Crippen MR) is 99.4 cm³/mol. The zero-order chi connectivity index (χ0) is 19.4. The topological polar surface area (TPSA) is 76.2 Å². The van der Waals surface area contributed by atoms with Crippen LogP contribution in [-0.4, -0.2) is 55.0 Å². The van der Waals surface area contributed by atoms with Crippen LogP contribution in [-0.2, 0) is 19.1 Å². The summed E-state index contributed by atoms with van der Waals surface area (Å²) in [4.78, 5) is 41.0. The molecule has 2 heterocycles. The lowest BCUT2D eigenvalue weighted by atomic mass is 9.96. The third-order valence-corrected chi connectivity index (χ3v) is 5.04. The number of carbonyl (C=O) groups excluding carboxylic acids is 3. The van der Waals surface area contributed by atoms with E-state index in [0.717, 1.165) is 12.8 Å². The third kappa shape index (κ3) is 3.98. The van der Waals surface area contributed by atoms with Gasteiger partial charge in [-0.05, 0) is 45.4 Å². The Balaban J connectivity index is 1.77. The van der Waals surface area contributed by atoms with Crippen LogP contribution in [0.2, 0.25) is 0 Å². The second-order valence-electron chi connectivity index (χ2n) is 6.77. The number of anilines is 1. The minimum atomic E-state index is -0.538. The Morgan fingerprint density at radius 2 is 1.96 bits per heavy atom. The molecule has 0 bridgehead atoms. The lowest BCUT2D eigenvalue weighted by Crippen LogP contribution is -2.48. The normalized spacial score (nSPS) is 23.6. The van der Waals surface area contributed by atoms with Crippen molar-refractivity contribution in [1.82, 2.24) is 4.90 Å². The molecule has 0 saturated carbocycles. The SMILES string of the molecule is CCOC(=O)[C@H]1CCCN([C@@H]2CC(=O)N(c3ccccc3OCC)C2=O)C1. The Bertz CT molecular complexity index is 720. The summed E-state index contributed by atoms with van der Waals surface area (Å²) >= 11 is 0. The van der Waals surface area contributed by atoms with E-state index in [4.69, 9.17) is 9.47 Å². The number of benzene rings is 1. The molecule has 0 aliphatic carbocycles. The van der Waals surface area contributed by atoms with Crippen molar-refractivity contribution in [3.63, 3.8) is 0 Å². The van der Waals surface area contributed by atoms with E-state index in [-0.39, 0.29) is 30.1 Å². The molecular weight excluding hydrogens is 348 g/mol. The summed E-state index contributed by atoms with van der Waals surface area (Å²) in [6, 6.07) is 6.53. The maximum Gasteiger partial charge on any atom is 0.310 e. The minimum Gasteiger partial charge on any atom is -0.492 e. The minimum absolute atomic E-state index is 0.120. The number of amides is 2. The fourth-order valence-electron chi connectivity index (χ4n) is 3.82. The van der Waals surface area contributed by atoms with Gasteiger partial charge < -0.3 is 9.47 Å².